The van der Waals surface area contributed by atoms with E-state index in [9.17, 15) is 0 Å². The molecule has 1 fully saturated rings. The van der Waals surface area contributed by atoms with Crippen LogP contribution in [0, 0.1) is 0 Å². The molecule has 0 aromatic rings. The van der Waals surface area contributed by atoms with Crippen molar-refractivity contribution in [3.8, 4) is 0 Å². The van der Waals surface area contributed by atoms with Gasteiger partial charge in [-0.15, -0.1) is 11.8 Å². The number of nitrogens with zero attached hydrogens (tertiary/aromatic N) is 2. The molecule has 0 unspecified atom stereocenters. The lowest BCUT2D eigenvalue weighted by Gasteiger charge is -2.21. The summed E-state index contributed by atoms with van der Waals surface area (Å²) < 4.78 is 0. The molecule has 1 aliphatic rings. The van der Waals surface area contributed by atoms with Crippen LogP contribution in [0.2, 0.25) is 0 Å². The van der Waals surface area contributed by atoms with Crippen molar-refractivity contribution in [2.75, 3.05) is 33.4 Å². The van der Waals surface area contributed by atoms with Gasteiger partial charge in [0, 0.05) is 13.1 Å². The molecule has 0 aromatic heterocycles. The highest BCUT2D eigenvalue weighted by Crippen LogP contribution is 2.18. The van der Waals surface area contributed by atoms with Crippen molar-refractivity contribution >= 4 is 11.8 Å². The van der Waals surface area contributed by atoms with Crippen molar-refractivity contribution in [3.05, 3.63) is 0 Å². The molecular formula is C6H14N2S. The predicted octanol–water partition coefficient (Wildman–Crippen LogP) is 0.510. The van der Waals surface area contributed by atoms with Crippen molar-refractivity contribution in [2.24, 2.45) is 0 Å². The van der Waals surface area contributed by atoms with Gasteiger partial charge < -0.3 is 0 Å². The summed E-state index contributed by atoms with van der Waals surface area (Å²) in [5.74, 6) is 0. The zero-order valence-electron chi connectivity index (χ0n) is 6.29. The average molecular weight is 146 g/mol. The molecule has 0 atom stereocenters. The Morgan fingerprint density at radius 3 is 1.89 bits per heavy atom. The van der Waals surface area contributed by atoms with Crippen LogP contribution in [-0.2, 0) is 0 Å². The smallest absolute Gasteiger partial charge is 0.110 e. The molecule has 0 aromatic carbocycles. The van der Waals surface area contributed by atoms with Crippen LogP contribution < -0.4 is 0 Å². The summed E-state index contributed by atoms with van der Waals surface area (Å²) in [6.07, 6.45) is 2.16. The lowest BCUT2D eigenvalue weighted by atomic mass is 10.6. The number of hydrogen-bond donors (Lipinski definition) is 0. The Morgan fingerprint density at radius 1 is 1.22 bits per heavy atom. The molecule has 0 radical (unpaired) electrons. The SMILES string of the molecule is CSC1N(C)CCN1C. The maximum Gasteiger partial charge on any atom is 0.110 e. The van der Waals surface area contributed by atoms with Crippen LogP contribution in [0.5, 0.6) is 0 Å². The van der Waals surface area contributed by atoms with Crippen molar-refractivity contribution in [2.45, 2.75) is 5.50 Å². The topological polar surface area (TPSA) is 6.48 Å². The fourth-order valence-corrected chi connectivity index (χ4v) is 2.16. The van der Waals surface area contributed by atoms with Gasteiger partial charge in [0.05, 0.1) is 0 Å². The Kier molecular flexibility index (Phi) is 2.38. The first-order valence-corrected chi connectivity index (χ1v) is 4.48. The molecule has 0 N–H and O–H groups in total. The summed E-state index contributed by atoms with van der Waals surface area (Å²) in [5.41, 5.74) is 0.616. The summed E-state index contributed by atoms with van der Waals surface area (Å²) in [7, 11) is 4.34. The van der Waals surface area contributed by atoms with E-state index in [1.807, 2.05) is 11.8 Å². The second-order valence-corrected chi connectivity index (χ2v) is 3.42. The molecule has 0 amide bonds. The fraction of sp³-hybridized carbons (Fsp3) is 1.00. The van der Waals surface area contributed by atoms with E-state index < -0.39 is 0 Å². The Labute approximate surface area is 61.2 Å². The van der Waals surface area contributed by atoms with E-state index >= 15 is 0 Å². The van der Waals surface area contributed by atoms with E-state index in [-0.39, 0.29) is 0 Å². The fourth-order valence-electron chi connectivity index (χ4n) is 1.23. The Hall–Kier alpha value is 0.270. The molecule has 0 aliphatic carbocycles. The standard InChI is InChI=1S/C6H14N2S/c1-7-4-5-8(2)6(7)9-3/h6H,4-5H2,1-3H3. The third-order valence-corrected chi connectivity index (χ3v) is 2.91. The van der Waals surface area contributed by atoms with Gasteiger partial charge in [-0.05, 0) is 20.4 Å². The second-order valence-electron chi connectivity index (χ2n) is 2.52. The molecule has 0 spiro atoms. The molecule has 54 valence electrons. The molecule has 1 rings (SSSR count). The first kappa shape index (κ1) is 7.38. The molecule has 1 aliphatic heterocycles. The molecule has 1 heterocycles. The number of rotatable bonds is 1. The van der Waals surface area contributed by atoms with E-state index in [0.29, 0.717) is 5.50 Å². The average Bonchev–Trinajstić information content (AvgIpc) is 2.12. The highest BCUT2D eigenvalue weighted by molar-refractivity contribution is 7.99. The van der Waals surface area contributed by atoms with Crippen LogP contribution in [-0.4, -0.2) is 48.7 Å². The molecule has 0 saturated carbocycles. The van der Waals surface area contributed by atoms with Gasteiger partial charge in [0.15, 0.2) is 0 Å². The second kappa shape index (κ2) is 2.90. The summed E-state index contributed by atoms with van der Waals surface area (Å²) in [5, 5.41) is 0. The minimum atomic E-state index is 0.616. The van der Waals surface area contributed by atoms with Crippen LogP contribution in [0.1, 0.15) is 0 Å². The predicted molar refractivity (Wildman–Crippen MR) is 42.6 cm³/mol. The number of likely N-dealkylation sites (N-methyl/N-ethyl adjacent to an activating group) is 2. The van der Waals surface area contributed by atoms with Crippen LogP contribution in [0.15, 0.2) is 0 Å². The highest BCUT2D eigenvalue weighted by atomic mass is 32.2. The number of hydrogen-bond acceptors (Lipinski definition) is 3. The van der Waals surface area contributed by atoms with Gasteiger partial charge in [0.2, 0.25) is 0 Å². The first-order valence-electron chi connectivity index (χ1n) is 3.19. The molecule has 3 heteroatoms. The first-order chi connectivity index (χ1) is 4.25. The Morgan fingerprint density at radius 2 is 1.67 bits per heavy atom. The van der Waals surface area contributed by atoms with Gasteiger partial charge in [0.25, 0.3) is 0 Å². The summed E-state index contributed by atoms with van der Waals surface area (Å²) in [6, 6.07) is 0. The van der Waals surface area contributed by atoms with E-state index in [2.05, 4.69) is 30.2 Å². The van der Waals surface area contributed by atoms with Crippen LogP contribution in [0.25, 0.3) is 0 Å². The third-order valence-electron chi connectivity index (χ3n) is 1.77. The molecule has 2 nitrogen and oxygen atoms in total. The molecule has 9 heavy (non-hydrogen) atoms. The van der Waals surface area contributed by atoms with Crippen molar-refractivity contribution < 1.29 is 0 Å². The van der Waals surface area contributed by atoms with Gasteiger partial charge in [-0.3, -0.25) is 9.80 Å². The van der Waals surface area contributed by atoms with Crippen LogP contribution >= 0.6 is 11.8 Å². The van der Waals surface area contributed by atoms with Gasteiger partial charge >= 0.3 is 0 Å². The third kappa shape index (κ3) is 1.39. The van der Waals surface area contributed by atoms with Gasteiger partial charge in [-0.1, -0.05) is 0 Å². The maximum atomic E-state index is 2.37. The Bertz CT molecular complexity index is 87.1. The lowest BCUT2D eigenvalue weighted by molar-refractivity contribution is 0.281. The Balaban J connectivity index is 2.44. The minimum absolute atomic E-state index is 0.616. The van der Waals surface area contributed by atoms with Crippen molar-refractivity contribution in [1.82, 2.24) is 9.80 Å². The van der Waals surface area contributed by atoms with Crippen molar-refractivity contribution in [3.63, 3.8) is 0 Å². The minimum Gasteiger partial charge on any atom is -0.281 e. The van der Waals surface area contributed by atoms with Gasteiger partial charge in [-0.2, -0.15) is 0 Å². The van der Waals surface area contributed by atoms with Crippen LogP contribution in [0.4, 0.5) is 0 Å². The molecule has 0 bridgehead atoms. The quantitative estimate of drug-likeness (QED) is 0.532. The summed E-state index contributed by atoms with van der Waals surface area (Å²) >= 11 is 1.90. The van der Waals surface area contributed by atoms with Gasteiger partial charge in [0.1, 0.15) is 5.50 Å². The van der Waals surface area contributed by atoms with E-state index in [0.717, 1.165) is 0 Å². The largest absolute Gasteiger partial charge is 0.281 e. The van der Waals surface area contributed by atoms with Crippen LogP contribution in [0.3, 0.4) is 0 Å². The van der Waals surface area contributed by atoms with E-state index in [1.165, 1.54) is 13.1 Å². The van der Waals surface area contributed by atoms with E-state index in [1.54, 1.807) is 0 Å². The highest BCUT2D eigenvalue weighted by Gasteiger charge is 2.24. The maximum absolute atomic E-state index is 2.37. The monoisotopic (exact) mass is 146 g/mol. The molecule has 1 saturated heterocycles. The van der Waals surface area contributed by atoms with E-state index in [4.69, 9.17) is 0 Å². The zero-order valence-corrected chi connectivity index (χ0v) is 7.11. The lowest BCUT2D eigenvalue weighted by Crippen LogP contribution is -2.30. The molecular weight excluding hydrogens is 132 g/mol. The van der Waals surface area contributed by atoms with Gasteiger partial charge in [-0.25, -0.2) is 0 Å². The van der Waals surface area contributed by atoms with Crippen molar-refractivity contribution in [1.29, 1.82) is 0 Å². The summed E-state index contributed by atoms with van der Waals surface area (Å²) in [4.78, 5) is 4.73. The summed E-state index contributed by atoms with van der Waals surface area (Å²) in [6.45, 7) is 2.42. The number of thioether (sulfide) groups is 1. The normalized spacial score (nSPS) is 25.7. The zero-order chi connectivity index (χ0) is 6.85.